The van der Waals surface area contributed by atoms with Gasteiger partial charge >= 0.3 is 24.2 Å². The molecule has 1 N–H and O–H groups in total. The van der Waals surface area contributed by atoms with Crippen molar-refractivity contribution >= 4 is 11.9 Å². The Kier molecular flexibility index (Phi) is 4.15. The van der Waals surface area contributed by atoms with E-state index in [1.54, 1.807) is 0 Å². The maximum atomic E-state index is 12.0. The molecule has 0 rings (SSSR count). The largest absolute Gasteiger partial charge is 0.471 e. The summed E-state index contributed by atoms with van der Waals surface area (Å²) in [5.74, 6) is -4.91. The van der Waals surface area contributed by atoms with E-state index >= 15 is 0 Å². The minimum absolute atomic E-state index is 0.484. The second-order valence-corrected chi connectivity index (χ2v) is 2.47. The number of ether oxygens (including phenoxy) is 1. The molecule has 0 aromatic rings. The molecule has 0 aromatic carbocycles. The zero-order valence-corrected chi connectivity index (χ0v) is 7.57. The summed E-state index contributed by atoms with van der Waals surface area (Å²) in [6.45, 7) is 0. The molecule has 0 spiro atoms. The molecule has 1 atom stereocenters. The summed E-state index contributed by atoms with van der Waals surface area (Å²) in [5, 5.41) is 0.484. The molecular formula is C6H5F6NO3. The van der Waals surface area contributed by atoms with Crippen LogP contribution in [0.5, 0.6) is 0 Å². The fourth-order valence-electron chi connectivity index (χ4n) is 0.605. The summed E-state index contributed by atoms with van der Waals surface area (Å²) in [6, 6.07) is -3.34. The third kappa shape index (κ3) is 3.95. The summed E-state index contributed by atoms with van der Waals surface area (Å²) >= 11 is 0. The molecule has 0 fully saturated rings. The molecule has 0 aliphatic heterocycles. The van der Waals surface area contributed by atoms with Gasteiger partial charge in [-0.1, -0.05) is 0 Å². The first-order valence-electron chi connectivity index (χ1n) is 3.52. The number of methoxy groups -OCH3 is 1. The maximum Gasteiger partial charge on any atom is 0.471 e. The van der Waals surface area contributed by atoms with Crippen molar-refractivity contribution < 1.29 is 40.7 Å². The lowest BCUT2D eigenvalue weighted by Gasteiger charge is -2.19. The molecule has 0 unspecified atom stereocenters. The second-order valence-electron chi connectivity index (χ2n) is 2.47. The van der Waals surface area contributed by atoms with Crippen molar-refractivity contribution in [3.63, 3.8) is 0 Å². The lowest BCUT2D eigenvalue weighted by atomic mass is 10.3. The molecule has 4 nitrogen and oxygen atoms in total. The number of amides is 1. The summed E-state index contributed by atoms with van der Waals surface area (Å²) in [4.78, 5) is 20.7. The van der Waals surface area contributed by atoms with Crippen LogP contribution < -0.4 is 5.32 Å². The first-order valence-corrected chi connectivity index (χ1v) is 3.52. The van der Waals surface area contributed by atoms with Crippen LogP contribution in [0.15, 0.2) is 0 Å². The molecule has 94 valence electrons. The molecule has 0 saturated heterocycles. The van der Waals surface area contributed by atoms with Gasteiger partial charge in [0.25, 0.3) is 0 Å². The molecule has 0 aromatic heterocycles. The number of halogens is 6. The lowest BCUT2D eigenvalue weighted by Crippen LogP contribution is -2.54. The number of carbonyl (C=O) groups excluding carboxylic acids is 2. The van der Waals surface area contributed by atoms with E-state index in [4.69, 9.17) is 0 Å². The van der Waals surface area contributed by atoms with E-state index in [9.17, 15) is 35.9 Å². The molecular weight excluding hydrogens is 248 g/mol. The zero-order valence-electron chi connectivity index (χ0n) is 7.57. The van der Waals surface area contributed by atoms with Crippen molar-refractivity contribution in [3.05, 3.63) is 0 Å². The van der Waals surface area contributed by atoms with Gasteiger partial charge < -0.3 is 10.1 Å². The molecule has 0 aliphatic rings. The Labute approximate surface area is 84.5 Å². The van der Waals surface area contributed by atoms with Gasteiger partial charge in [0.1, 0.15) is 0 Å². The Morgan fingerprint density at radius 3 is 1.81 bits per heavy atom. The monoisotopic (exact) mass is 253 g/mol. The van der Waals surface area contributed by atoms with Gasteiger partial charge in [0.2, 0.25) is 6.04 Å². The van der Waals surface area contributed by atoms with Gasteiger partial charge in [0.15, 0.2) is 0 Å². The standard InChI is InChI=1S/C6H5F6NO3/c1-16-3(14)2(5(7,8)9)13-4(15)6(10,11)12/h2H,1H3,(H,13,15)/t2-/m0/s1. The fourth-order valence-corrected chi connectivity index (χ4v) is 0.605. The lowest BCUT2D eigenvalue weighted by molar-refractivity contribution is -0.195. The van der Waals surface area contributed by atoms with Crippen molar-refractivity contribution in [3.8, 4) is 0 Å². The molecule has 0 saturated carbocycles. The number of nitrogens with one attached hydrogen (secondary N) is 1. The summed E-state index contributed by atoms with van der Waals surface area (Å²) in [7, 11) is 0.542. The van der Waals surface area contributed by atoms with Gasteiger partial charge in [-0.15, -0.1) is 0 Å². The number of alkyl halides is 6. The Bertz CT molecular complexity index is 283. The van der Waals surface area contributed by atoms with Crippen molar-refractivity contribution in [2.75, 3.05) is 7.11 Å². The van der Waals surface area contributed by atoms with Gasteiger partial charge in [-0.2, -0.15) is 26.3 Å². The van der Waals surface area contributed by atoms with Crippen LogP contribution >= 0.6 is 0 Å². The van der Waals surface area contributed by atoms with Crippen LogP contribution in [0.4, 0.5) is 26.3 Å². The summed E-state index contributed by atoms with van der Waals surface area (Å²) in [6.07, 6.45) is -10.9. The van der Waals surface area contributed by atoms with Crippen molar-refractivity contribution in [2.24, 2.45) is 0 Å². The average molecular weight is 253 g/mol. The van der Waals surface area contributed by atoms with Gasteiger partial charge in [-0.05, 0) is 0 Å². The quantitative estimate of drug-likeness (QED) is 0.584. The van der Waals surface area contributed by atoms with Crippen LogP contribution in [0.2, 0.25) is 0 Å². The zero-order chi connectivity index (χ0) is 13.1. The van der Waals surface area contributed by atoms with Gasteiger partial charge in [-0.3, -0.25) is 4.79 Å². The summed E-state index contributed by atoms with van der Waals surface area (Å²) < 4.78 is 74.6. The fraction of sp³-hybridized carbons (Fsp3) is 0.667. The number of hydrogen-bond donors (Lipinski definition) is 1. The van der Waals surface area contributed by atoms with E-state index in [0.717, 1.165) is 0 Å². The van der Waals surface area contributed by atoms with E-state index < -0.39 is 30.3 Å². The van der Waals surface area contributed by atoms with Crippen molar-refractivity contribution in [1.82, 2.24) is 5.32 Å². The number of esters is 1. The minimum atomic E-state index is -5.52. The van der Waals surface area contributed by atoms with E-state index in [-0.39, 0.29) is 0 Å². The van der Waals surface area contributed by atoms with Gasteiger partial charge in [0, 0.05) is 0 Å². The Morgan fingerprint density at radius 1 is 1.12 bits per heavy atom. The van der Waals surface area contributed by atoms with Crippen LogP contribution in [0.3, 0.4) is 0 Å². The Balaban J connectivity index is 4.84. The van der Waals surface area contributed by atoms with E-state index in [2.05, 4.69) is 4.74 Å². The van der Waals surface area contributed by atoms with Gasteiger partial charge in [0.05, 0.1) is 7.11 Å². The highest BCUT2D eigenvalue weighted by molar-refractivity contribution is 5.88. The number of rotatable bonds is 2. The third-order valence-corrected chi connectivity index (χ3v) is 1.30. The highest BCUT2D eigenvalue weighted by atomic mass is 19.4. The second kappa shape index (κ2) is 4.58. The van der Waals surface area contributed by atoms with Crippen LogP contribution in [0, 0.1) is 0 Å². The summed E-state index contributed by atoms with van der Waals surface area (Å²) in [5.41, 5.74) is 0. The minimum Gasteiger partial charge on any atom is -0.467 e. The van der Waals surface area contributed by atoms with E-state index in [1.165, 1.54) is 0 Å². The number of hydrogen-bond acceptors (Lipinski definition) is 3. The Hall–Kier alpha value is -1.48. The predicted octanol–water partition coefficient (Wildman–Crippen LogP) is 0.769. The average Bonchev–Trinajstić information content (AvgIpc) is 2.09. The number of carbonyl (C=O) groups is 2. The predicted molar refractivity (Wildman–Crippen MR) is 36.1 cm³/mol. The molecule has 1 amide bonds. The molecule has 0 bridgehead atoms. The Morgan fingerprint density at radius 2 is 1.56 bits per heavy atom. The van der Waals surface area contributed by atoms with E-state index in [1.807, 2.05) is 0 Å². The molecule has 16 heavy (non-hydrogen) atoms. The normalized spacial score (nSPS) is 14.2. The third-order valence-electron chi connectivity index (χ3n) is 1.30. The molecule has 0 heterocycles. The van der Waals surface area contributed by atoms with Crippen LogP contribution in [0.25, 0.3) is 0 Å². The van der Waals surface area contributed by atoms with Crippen LogP contribution in [0.1, 0.15) is 0 Å². The first-order chi connectivity index (χ1) is 7.00. The van der Waals surface area contributed by atoms with Crippen LogP contribution in [-0.2, 0) is 14.3 Å². The molecule has 10 heteroatoms. The van der Waals surface area contributed by atoms with E-state index in [0.29, 0.717) is 12.4 Å². The highest BCUT2D eigenvalue weighted by Gasteiger charge is 2.51. The smallest absolute Gasteiger partial charge is 0.467 e. The van der Waals surface area contributed by atoms with Crippen molar-refractivity contribution in [1.29, 1.82) is 0 Å². The first kappa shape index (κ1) is 14.5. The van der Waals surface area contributed by atoms with Crippen molar-refractivity contribution in [2.45, 2.75) is 18.4 Å². The SMILES string of the molecule is COC(=O)[C@H](NC(=O)C(F)(F)F)C(F)(F)F. The molecule has 0 aliphatic carbocycles. The highest BCUT2D eigenvalue weighted by Crippen LogP contribution is 2.23. The van der Waals surface area contributed by atoms with Gasteiger partial charge in [-0.25, -0.2) is 4.79 Å². The van der Waals surface area contributed by atoms with Crippen LogP contribution in [-0.4, -0.2) is 37.4 Å². The maximum absolute atomic E-state index is 12.0. The topological polar surface area (TPSA) is 55.4 Å². The molecule has 0 radical (unpaired) electrons.